The average molecular weight is 285 g/mol. The van der Waals surface area contributed by atoms with Crippen molar-refractivity contribution in [1.82, 2.24) is 0 Å². The van der Waals surface area contributed by atoms with Crippen molar-refractivity contribution >= 4 is 9.84 Å². The van der Waals surface area contributed by atoms with Gasteiger partial charge in [0, 0.05) is 11.6 Å². The van der Waals surface area contributed by atoms with E-state index in [0.717, 1.165) is 12.0 Å². The van der Waals surface area contributed by atoms with Crippen molar-refractivity contribution in [3.05, 3.63) is 29.8 Å². The molecule has 2 atom stereocenters. The number of hydrogen-bond donors (Lipinski definition) is 1. The number of para-hydroxylation sites is 1. The summed E-state index contributed by atoms with van der Waals surface area (Å²) in [5.41, 5.74) is 6.75. The summed E-state index contributed by atoms with van der Waals surface area (Å²) in [6, 6.07) is 6.71. The Bertz CT molecular complexity index is 499. The van der Waals surface area contributed by atoms with E-state index in [9.17, 15) is 8.42 Å². The molecule has 0 aromatic heterocycles. The van der Waals surface area contributed by atoms with Gasteiger partial charge in [0.05, 0.1) is 18.6 Å². The highest BCUT2D eigenvalue weighted by Crippen LogP contribution is 2.24. The van der Waals surface area contributed by atoms with E-state index in [0.29, 0.717) is 5.75 Å². The summed E-state index contributed by atoms with van der Waals surface area (Å²) >= 11 is 0. The second kappa shape index (κ2) is 6.91. The highest BCUT2D eigenvalue weighted by atomic mass is 32.2. The summed E-state index contributed by atoms with van der Waals surface area (Å²) in [7, 11) is -1.59. The molecule has 1 aromatic rings. The molecular weight excluding hydrogens is 262 g/mol. The highest BCUT2D eigenvalue weighted by molar-refractivity contribution is 7.91. The van der Waals surface area contributed by atoms with Crippen molar-refractivity contribution in [2.45, 2.75) is 26.3 Å². The monoisotopic (exact) mass is 285 g/mol. The highest BCUT2D eigenvalue weighted by Gasteiger charge is 2.21. The molecule has 1 rings (SSSR count). The number of methoxy groups -OCH3 is 1. The summed E-state index contributed by atoms with van der Waals surface area (Å²) in [5, 5.41) is 0. The van der Waals surface area contributed by atoms with Gasteiger partial charge in [-0.2, -0.15) is 0 Å². The standard InChI is InChI=1S/C14H23NO3S/c1-4-11(2)9-19(16,17)10-13(15)12-7-5-6-8-14(12)18-3/h5-8,11,13H,4,9-10,15H2,1-3H3. The van der Waals surface area contributed by atoms with E-state index < -0.39 is 15.9 Å². The second-order valence-electron chi connectivity index (χ2n) is 4.94. The van der Waals surface area contributed by atoms with Crippen molar-refractivity contribution in [1.29, 1.82) is 0 Å². The third kappa shape index (κ3) is 4.84. The van der Waals surface area contributed by atoms with Gasteiger partial charge in [-0.25, -0.2) is 8.42 Å². The minimum atomic E-state index is -3.15. The van der Waals surface area contributed by atoms with Crippen LogP contribution in [0.3, 0.4) is 0 Å². The Morgan fingerprint density at radius 1 is 1.26 bits per heavy atom. The maximum absolute atomic E-state index is 12.1. The molecule has 0 heterocycles. The van der Waals surface area contributed by atoms with Crippen LogP contribution in [0.2, 0.25) is 0 Å². The van der Waals surface area contributed by atoms with Crippen LogP contribution >= 0.6 is 0 Å². The Hall–Kier alpha value is -1.07. The van der Waals surface area contributed by atoms with Gasteiger partial charge in [0.2, 0.25) is 0 Å². The van der Waals surface area contributed by atoms with E-state index >= 15 is 0 Å². The molecule has 0 aliphatic carbocycles. The SMILES string of the molecule is CCC(C)CS(=O)(=O)CC(N)c1ccccc1OC. The first kappa shape index (κ1) is 16.0. The van der Waals surface area contributed by atoms with Crippen molar-refractivity contribution in [2.24, 2.45) is 11.7 Å². The first-order valence-corrected chi connectivity index (χ1v) is 8.30. The number of hydrogen-bond acceptors (Lipinski definition) is 4. The van der Waals surface area contributed by atoms with Crippen LogP contribution in [-0.2, 0) is 9.84 Å². The van der Waals surface area contributed by atoms with E-state index in [-0.39, 0.29) is 17.4 Å². The molecule has 0 spiro atoms. The Morgan fingerprint density at radius 2 is 1.89 bits per heavy atom. The smallest absolute Gasteiger partial charge is 0.152 e. The van der Waals surface area contributed by atoms with Gasteiger partial charge in [-0.05, 0) is 12.0 Å². The van der Waals surface area contributed by atoms with Crippen LogP contribution in [-0.4, -0.2) is 27.0 Å². The molecule has 4 nitrogen and oxygen atoms in total. The van der Waals surface area contributed by atoms with Crippen LogP contribution in [0.1, 0.15) is 31.9 Å². The van der Waals surface area contributed by atoms with Crippen LogP contribution in [0.4, 0.5) is 0 Å². The summed E-state index contributed by atoms with van der Waals surface area (Å²) in [6.45, 7) is 3.92. The van der Waals surface area contributed by atoms with Gasteiger partial charge < -0.3 is 10.5 Å². The lowest BCUT2D eigenvalue weighted by Gasteiger charge is -2.17. The zero-order valence-corrected chi connectivity index (χ0v) is 12.6. The minimum absolute atomic E-state index is 0.0439. The maximum Gasteiger partial charge on any atom is 0.152 e. The van der Waals surface area contributed by atoms with E-state index in [2.05, 4.69) is 0 Å². The topological polar surface area (TPSA) is 69.4 Å². The summed E-state index contributed by atoms with van der Waals surface area (Å²) in [6.07, 6.45) is 0.850. The third-order valence-electron chi connectivity index (χ3n) is 3.21. The molecule has 0 fully saturated rings. The van der Waals surface area contributed by atoms with E-state index in [1.807, 2.05) is 32.0 Å². The molecule has 0 aliphatic rings. The van der Waals surface area contributed by atoms with Gasteiger partial charge in [-0.1, -0.05) is 38.5 Å². The lowest BCUT2D eigenvalue weighted by Crippen LogP contribution is -2.26. The van der Waals surface area contributed by atoms with Gasteiger partial charge in [0.1, 0.15) is 5.75 Å². The van der Waals surface area contributed by atoms with Crippen molar-refractivity contribution in [3.63, 3.8) is 0 Å². The third-order valence-corrected chi connectivity index (χ3v) is 5.15. The van der Waals surface area contributed by atoms with Crippen LogP contribution in [0, 0.1) is 5.92 Å². The molecule has 0 amide bonds. The Morgan fingerprint density at radius 3 is 2.47 bits per heavy atom. The predicted octanol–water partition coefficient (Wildman–Crippen LogP) is 2.16. The van der Waals surface area contributed by atoms with Gasteiger partial charge in [-0.3, -0.25) is 0 Å². The molecule has 108 valence electrons. The minimum Gasteiger partial charge on any atom is -0.496 e. The summed E-state index contributed by atoms with van der Waals surface area (Å²) in [4.78, 5) is 0. The average Bonchev–Trinajstić information content (AvgIpc) is 2.37. The van der Waals surface area contributed by atoms with Crippen LogP contribution in [0.5, 0.6) is 5.75 Å². The van der Waals surface area contributed by atoms with Crippen LogP contribution in [0.15, 0.2) is 24.3 Å². The number of rotatable bonds is 7. The molecule has 0 saturated heterocycles. The lowest BCUT2D eigenvalue weighted by atomic mass is 10.1. The zero-order valence-electron chi connectivity index (χ0n) is 11.8. The fourth-order valence-corrected chi connectivity index (χ4v) is 3.92. The van der Waals surface area contributed by atoms with Gasteiger partial charge in [0.15, 0.2) is 9.84 Å². The van der Waals surface area contributed by atoms with E-state index in [1.54, 1.807) is 13.2 Å². The molecule has 0 aliphatic heterocycles. The number of nitrogens with two attached hydrogens (primary N) is 1. The Labute approximate surface area is 115 Å². The van der Waals surface area contributed by atoms with Crippen molar-refractivity contribution in [3.8, 4) is 5.75 Å². The molecule has 19 heavy (non-hydrogen) atoms. The molecular formula is C14H23NO3S. The summed E-state index contributed by atoms with van der Waals surface area (Å²) in [5.74, 6) is 0.938. The molecule has 0 saturated carbocycles. The fraction of sp³-hybridized carbons (Fsp3) is 0.571. The lowest BCUT2D eigenvalue weighted by molar-refractivity contribution is 0.407. The number of benzene rings is 1. The first-order valence-electron chi connectivity index (χ1n) is 6.48. The van der Waals surface area contributed by atoms with Gasteiger partial charge in [-0.15, -0.1) is 0 Å². The van der Waals surface area contributed by atoms with Crippen LogP contribution < -0.4 is 10.5 Å². The quantitative estimate of drug-likeness (QED) is 0.833. The first-order chi connectivity index (χ1) is 8.89. The predicted molar refractivity (Wildman–Crippen MR) is 78.0 cm³/mol. The van der Waals surface area contributed by atoms with Crippen LogP contribution in [0.25, 0.3) is 0 Å². The molecule has 5 heteroatoms. The van der Waals surface area contributed by atoms with E-state index in [4.69, 9.17) is 10.5 Å². The zero-order chi connectivity index (χ0) is 14.5. The fourth-order valence-electron chi connectivity index (χ4n) is 1.96. The maximum atomic E-state index is 12.1. The number of sulfone groups is 1. The number of ether oxygens (including phenoxy) is 1. The molecule has 0 radical (unpaired) electrons. The second-order valence-corrected chi connectivity index (χ2v) is 7.09. The molecule has 1 aromatic carbocycles. The Balaban J connectivity index is 2.81. The molecule has 0 bridgehead atoms. The van der Waals surface area contributed by atoms with E-state index in [1.165, 1.54) is 0 Å². The largest absolute Gasteiger partial charge is 0.496 e. The molecule has 2 N–H and O–H groups in total. The van der Waals surface area contributed by atoms with Gasteiger partial charge >= 0.3 is 0 Å². The molecule has 2 unspecified atom stereocenters. The van der Waals surface area contributed by atoms with Crippen molar-refractivity contribution in [2.75, 3.05) is 18.6 Å². The summed E-state index contributed by atoms with van der Waals surface area (Å²) < 4.78 is 29.3. The van der Waals surface area contributed by atoms with Gasteiger partial charge in [0.25, 0.3) is 0 Å². The Kier molecular flexibility index (Phi) is 5.82. The normalized spacial score (nSPS) is 14.9. The van der Waals surface area contributed by atoms with Crippen molar-refractivity contribution < 1.29 is 13.2 Å².